The number of nitrogens with one attached hydrogen (secondary N) is 1. The van der Waals surface area contributed by atoms with Crippen molar-refractivity contribution in [2.24, 2.45) is 5.73 Å². The number of halogens is 2. The van der Waals surface area contributed by atoms with E-state index >= 15 is 0 Å². The normalized spacial score (nSPS) is 12.2. The number of rotatable bonds is 5. The molecule has 17 heavy (non-hydrogen) atoms. The Morgan fingerprint density at radius 3 is 2.94 bits per heavy atom. The molecule has 4 nitrogen and oxygen atoms in total. The van der Waals surface area contributed by atoms with E-state index in [1.54, 1.807) is 12.1 Å². The zero-order valence-electron chi connectivity index (χ0n) is 9.12. The predicted octanol–water partition coefficient (Wildman–Crippen LogP) is 0.567. The monoisotopic (exact) mass is 304 g/mol. The molecule has 0 aliphatic rings. The Bertz CT molecular complexity index is 401. The Morgan fingerprint density at radius 2 is 2.29 bits per heavy atom. The molecule has 6 heteroatoms. The van der Waals surface area contributed by atoms with Crippen LogP contribution in [-0.4, -0.2) is 30.2 Å². The summed E-state index contributed by atoms with van der Waals surface area (Å²) in [4.78, 5) is 11.2. The van der Waals surface area contributed by atoms with Gasteiger partial charge in [0.2, 0.25) is 5.91 Å². The number of aliphatic hydroxyl groups excluding tert-OH is 1. The third-order valence-electron chi connectivity index (χ3n) is 2.23. The van der Waals surface area contributed by atoms with Gasteiger partial charge in [0.05, 0.1) is 6.61 Å². The standard InChI is InChI=1S/C11H14BrFN2O2/c12-8-1-2-9(13)7(5-8)3-4-15-11(17)10(14)6-16/h1-2,5,10,16H,3-4,6,14H2,(H,15,17). The number of carbonyl (C=O) groups excluding carboxylic acids is 1. The van der Waals surface area contributed by atoms with E-state index in [9.17, 15) is 9.18 Å². The molecular formula is C11H14BrFN2O2. The number of benzene rings is 1. The summed E-state index contributed by atoms with van der Waals surface area (Å²) in [5, 5.41) is 11.2. The molecule has 1 aromatic carbocycles. The third-order valence-corrected chi connectivity index (χ3v) is 2.73. The van der Waals surface area contributed by atoms with Crippen LogP contribution < -0.4 is 11.1 Å². The number of aliphatic hydroxyl groups is 1. The van der Waals surface area contributed by atoms with E-state index < -0.39 is 18.6 Å². The predicted molar refractivity (Wildman–Crippen MR) is 65.9 cm³/mol. The minimum Gasteiger partial charge on any atom is -0.394 e. The first-order valence-corrected chi connectivity index (χ1v) is 5.92. The first kappa shape index (κ1) is 14.1. The molecule has 0 radical (unpaired) electrons. The zero-order valence-corrected chi connectivity index (χ0v) is 10.7. The second kappa shape index (κ2) is 6.68. The molecule has 1 unspecified atom stereocenters. The highest BCUT2D eigenvalue weighted by atomic mass is 79.9. The van der Waals surface area contributed by atoms with Crippen molar-refractivity contribution in [1.29, 1.82) is 0 Å². The van der Waals surface area contributed by atoms with Gasteiger partial charge in [0.1, 0.15) is 11.9 Å². The summed E-state index contributed by atoms with van der Waals surface area (Å²) in [5.74, 6) is -0.753. The van der Waals surface area contributed by atoms with E-state index in [4.69, 9.17) is 10.8 Å². The summed E-state index contributed by atoms with van der Waals surface area (Å²) in [7, 11) is 0. The highest BCUT2D eigenvalue weighted by Gasteiger charge is 2.11. The molecule has 0 aliphatic heterocycles. The molecule has 0 saturated heterocycles. The van der Waals surface area contributed by atoms with Crippen LogP contribution >= 0.6 is 15.9 Å². The first-order chi connectivity index (χ1) is 8.04. The summed E-state index contributed by atoms with van der Waals surface area (Å²) in [5.41, 5.74) is 5.82. The largest absolute Gasteiger partial charge is 0.394 e. The molecule has 0 saturated carbocycles. The van der Waals surface area contributed by atoms with Gasteiger partial charge in [-0.05, 0) is 30.2 Å². The molecule has 1 rings (SSSR count). The lowest BCUT2D eigenvalue weighted by atomic mass is 10.1. The maximum Gasteiger partial charge on any atom is 0.239 e. The van der Waals surface area contributed by atoms with Gasteiger partial charge in [-0.1, -0.05) is 15.9 Å². The van der Waals surface area contributed by atoms with Gasteiger partial charge >= 0.3 is 0 Å². The van der Waals surface area contributed by atoms with E-state index in [0.717, 1.165) is 4.47 Å². The number of amides is 1. The van der Waals surface area contributed by atoms with Crippen LogP contribution in [0.2, 0.25) is 0 Å². The van der Waals surface area contributed by atoms with Crippen molar-refractivity contribution in [2.45, 2.75) is 12.5 Å². The Kier molecular flexibility index (Phi) is 5.54. The summed E-state index contributed by atoms with van der Waals surface area (Å²) < 4.78 is 14.1. The van der Waals surface area contributed by atoms with E-state index in [-0.39, 0.29) is 12.4 Å². The fourth-order valence-corrected chi connectivity index (χ4v) is 1.68. The van der Waals surface area contributed by atoms with Crippen LogP contribution in [0.3, 0.4) is 0 Å². The van der Waals surface area contributed by atoms with Crippen molar-refractivity contribution < 1.29 is 14.3 Å². The third kappa shape index (κ3) is 4.41. The van der Waals surface area contributed by atoms with E-state index in [0.29, 0.717) is 12.0 Å². The first-order valence-electron chi connectivity index (χ1n) is 5.12. The van der Waals surface area contributed by atoms with Crippen molar-refractivity contribution in [1.82, 2.24) is 5.32 Å². The van der Waals surface area contributed by atoms with Gasteiger partial charge in [-0.3, -0.25) is 4.79 Å². The van der Waals surface area contributed by atoms with Crippen molar-refractivity contribution >= 4 is 21.8 Å². The van der Waals surface area contributed by atoms with Crippen LogP contribution in [-0.2, 0) is 11.2 Å². The van der Waals surface area contributed by atoms with Crippen molar-refractivity contribution in [3.05, 3.63) is 34.1 Å². The van der Waals surface area contributed by atoms with Crippen molar-refractivity contribution in [3.63, 3.8) is 0 Å². The van der Waals surface area contributed by atoms with Gasteiger partial charge in [-0.25, -0.2) is 4.39 Å². The molecule has 0 heterocycles. The maximum atomic E-state index is 13.3. The van der Waals surface area contributed by atoms with Gasteiger partial charge < -0.3 is 16.2 Å². The maximum absolute atomic E-state index is 13.3. The van der Waals surface area contributed by atoms with Gasteiger partial charge in [-0.15, -0.1) is 0 Å². The Labute approximate surface area is 107 Å². The molecule has 4 N–H and O–H groups in total. The average molecular weight is 305 g/mol. The molecular weight excluding hydrogens is 291 g/mol. The second-order valence-corrected chi connectivity index (χ2v) is 4.48. The van der Waals surface area contributed by atoms with Crippen LogP contribution in [0.15, 0.2) is 22.7 Å². The number of hydrogen-bond acceptors (Lipinski definition) is 3. The number of nitrogens with two attached hydrogens (primary N) is 1. The quantitative estimate of drug-likeness (QED) is 0.744. The minimum absolute atomic E-state index is 0.278. The lowest BCUT2D eigenvalue weighted by Crippen LogP contribution is -2.43. The van der Waals surface area contributed by atoms with Crippen LogP contribution in [0.5, 0.6) is 0 Å². The summed E-state index contributed by atoms with van der Waals surface area (Å²) in [6.45, 7) is -0.128. The Hall–Kier alpha value is -0.980. The topological polar surface area (TPSA) is 75.3 Å². The summed E-state index contributed by atoms with van der Waals surface area (Å²) in [6, 6.07) is 3.70. The van der Waals surface area contributed by atoms with Gasteiger partial charge in [0, 0.05) is 11.0 Å². The van der Waals surface area contributed by atoms with Crippen molar-refractivity contribution in [2.75, 3.05) is 13.2 Å². The lowest BCUT2D eigenvalue weighted by Gasteiger charge is -2.09. The summed E-state index contributed by atoms with van der Waals surface area (Å²) >= 11 is 3.24. The Balaban J connectivity index is 2.46. The molecule has 1 aromatic rings. The lowest BCUT2D eigenvalue weighted by molar-refractivity contribution is -0.123. The Morgan fingerprint density at radius 1 is 1.59 bits per heavy atom. The number of carbonyl (C=O) groups is 1. The van der Waals surface area contributed by atoms with Crippen LogP contribution in [0.4, 0.5) is 4.39 Å². The molecule has 0 aromatic heterocycles. The molecule has 0 aliphatic carbocycles. The van der Waals surface area contributed by atoms with Crippen molar-refractivity contribution in [3.8, 4) is 0 Å². The fourth-order valence-electron chi connectivity index (χ4n) is 1.27. The second-order valence-electron chi connectivity index (χ2n) is 3.57. The van der Waals surface area contributed by atoms with Gasteiger partial charge in [-0.2, -0.15) is 0 Å². The minimum atomic E-state index is -0.928. The molecule has 0 bridgehead atoms. The smallest absolute Gasteiger partial charge is 0.239 e. The van der Waals surface area contributed by atoms with E-state index in [1.165, 1.54) is 6.07 Å². The van der Waals surface area contributed by atoms with E-state index in [1.807, 2.05) is 0 Å². The highest BCUT2D eigenvalue weighted by molar-refractivity contribution is 9.10. The van der Waals surface area contributed by atoms with Gasteiger partial charge in [0.25, 0.3) is 0 Å². The van der Waals surface area contributed by atoms with E-state index in [2.05, 4.69) is 21.2 Å². The molecule has 1 atom stereocenters. The number of hydrogen-bond donors (Lipinski definition) is 3. The molecule has 0 spiro atoms. The summed E-state index contributed by atoms with van der Waals surface area (Å²) in [6.07, 6.45) is 0.370. The van der Waals surface area contributed by atoms with Crippen LogP contribution in [0, 0.1) is 5.82 Å². The molecule has 94 valence electrons. The average Bonchev–Trinajstić information content (AvgIpc) is 2.32. The fraction of sp³-hybridized carbons (Fsp3) is 0.364. The zero-order chi connectivity index (χ0) is 12.8. The highest BCUT2D eigenvalue weighted by Crippen LogP contribution is 2.15. The van der Waals surface area contributed by atoms with Gasteiger partial charge in [0.15, 0.2) is 0 Å². The molecule has 1 amide bonds. The SMILES string of the molecule is NC(CO)C(=O)NCCc1cc(Br)ccc1F. The molecule has 0 fully saturated rings. The van der Waals surface area contributed by atoms with Crippen LogP contribution in [0.1, 0.15) is 5.56 Å². The van der Waals surface area contributed by atoms with Crippen LogP contribution in [0.25, 0.3) is 0 Å².